The van der Waals surface area contributed by atoms with E-state index in [-0.39, 0.29) is 18.1 Å². The van der Waals surface area contributed by atoms with E-state index >= 15 is 0 Å². The van der Waals surface area contributed by atoms with E-state index in [1.807, 2.05) is 32.0 Å². The summed E-state index contributed by atoms with van der Waals surface area (Å²) in [5, 5.41) is 3.01. The summed E-state index contributed by atoms with van der Waals surface area (Å²) in [7, 11) is 0. The first-order chi connectivity index (χ1) is 8.58. The van der Waals surface area contributed by atoms with Crippen LogP contribution in [-0.4, -0.2) is 24.7 Å². The molecule has 3 nitrogen and oxygen atoms in total. The number of carbonyl (C=O) groups excluding carboxylic acids is 1. The Balaban J connectivity index is 2.04. The predicted octanol–water partition coefficient (Wildman–Crippen LogP) is 3.05. The van der Waals surface area contributed by atoms with E-state index in [1.165, 1.54) is 0 Å². The van der Waals surface area contributed by atoms with Crippen molar-refractivity contribution in [2.45, 2.75) is 38.8 Å². The summed E-state index contributed by atoms with van der Waals surface area (Å²) in [6.45, 7) is 4.78. The minimum absolute atomic E-state index is 0.0476. The molecule has 98 valence electrons. The molecule has 1 aromatic carbocycles. The van der Waals surface area contributed by atoms with Crippen LogP contribution in [0.5, 0.6) is 0 Å². The normalized spacial score (nSPS) is 20.7. The lowest BCUT2D eigenvalue weighted by Gasteiger charge is -2.20. The van der Waals surface area contributed by atoms with Gasteiger partial charge in [-0.3, -0.25) is 4.79 Å². The number of rotatable bonds is 3. The number of benzene rings is 1. The number of ether oxygens (including phenoxy) is 1. The quantitative estimate of drug-likeness (QED) is 0.931. The highest BCUT2D eigenvalue weighted by molar-refractivity contribution is 9.10. The summed E-state index contributed by atoms with van der Waals surface area (Å²) in [4.78, 5) is 12.2. The molecule has 1 saturated heterocycles. The highest BCUT2D eigenvalue weighted by atomic mass is 79.9. The zero-order chi connectivity index (χ0) is 13.1. The minimum Gasteiger partial charge on any atom is -0.376 e. The fraction of sp³-hybridized carbons (Fsp3) is 0.500. The van der Waals surface area contributed by atoms with E-state index < -0.39 is 0 Å². The van der Waals surface area contributed by atoms with Crippen molar-refractivity contribution in [1.82, 2.24) is 5.32 Å². The van der Waals surface area contributed by atoms with Gasteiger partial charge in [-0.05, 0) is 54.8 Å². The molecule has 1 heterocycles. The van der Waals surface area contributed by atoms with E-state index in [0.29, 0.717) is 5.56 Å². The Hall–Kier alpha value is -0.870. The molecule has 0 aliphatic carbocycles. The number of nitrogens with one attached hydrogen (secondary N) is 1. The summed E-state index contributed by atoms with van der Waals surface area (Å²) in [6, 6.07) is 5.82. The molecule has 0 aromatic heterocycles. The highest BCUT2D eigenvalue weighted by Gasteiger charge is 2.24. The lowest BCUT2D eigenvalue weighted by Crippen LogP contribution is -2.40. The van der Waals surface area contributed by atoms with Crippen LogP contribution in [0.1, 0.15) is 35.7 Å². The van der Waals surface area contributed by atoms with Crippen molar-refractivity contribution in [3.8, 4) is 0 Å². The standard InChI is InChI=1S/C14H18BrNO2/c1-9-5-6-12(15)11(8-9)14(17)16-10(2)13-4-3-7-18-13/h5-6,8,10,13H,3-4,7H2,1-2H3,(H,16,17). The third kappa shape index (κ3) is 3.12. The van der Waals surface area contributed by atoms with Gasteiger partial charge in [-0.25, -0.2) is 0 Å². The maximum atomic E-state index is 12.2. The lowest BCUT2D eigenvalue weighted by molar-refractivity contribution is 0.0712. The van der Waals surface area contributed by atoms with Crippen LogP contribution in [0.3, 0.4) is 0 Å². The van der Waals surface area contributed by atoms with Crippen LogP contribution in [-0.2, 0) is 4.74 Å². The van der Waals surface area contributed by atoms with E-state index in [4.69, 9.17) is 4.74 Å². The largest absolute Gasteiger partial charge is 0.376 e. The zero-order valence-electron chi connectivity index (χ0n) is 10.7. The third-order valence-electron chi connectivity index (χ3n) is 3.25. The second-order valence-electron chi connectivity index (χ2n) is 4.80. The molecule has 0 bridgehead atoms. The first-order valence-corrected chi connectivity index (χ1v) is 7.06. The fourth-order valence-electron chi connectivity index (χ4n) is 2.19. The van der Waals surface area contributed by atoms with Gasteiger partial charge in [0.25, 0.3) is 5.91 Å². The molecule has 0 radical (unpaired) electrons. The van der Waals surface area contributed by atoms with Crippen LogP contribution in [0.25, 0.3) is 0 Å². The first kappa shape index (κ1) is 13.6. The maximum absolute atomic E-state index is 12.2. The van der Waals surface area contributed by atoms with Crippen LogP contribution in [0, 0.1) is 6.92 Å². The Morgan fingerprint density at radius 3 is 3.00 bits per heavy atom. The smallest absolute Gasteiger partial charge is 0.252 e. The van der Waals surface area contributed by atoms with Crippen LogP contribution >= 0.6 is 15.9 Å². The molecule has 2 unspecified atom stereocenters. The third-order valence-corrected chi connectivity index (χ3v) is 3.94. The number of amides is 1. The van der Waals surface area contributed by atoms with Gasteiger partial charge in [0.15, 0.2) is 0 Å². The number of hydrogen-bond acceptors (Lipinski definition) is 2. The first-order valence-electron chi connectivity index (χ1n) is 6.26. The number of hydrogen-bond donors (Lipinski definition) is 1. The molecule has 1 N–H and O–H groups in total. The van der Waals surface area contributed by atoms with Crippen LogP contribution in [0.2, 0.25) is 0 Å². The van der Waals surface area contributed by atoms with Gasteiger partial charge in [0.2, 0.25) is 0 Å². The Morgan fingerprint density at radius 1 is 1.56 bits per heavy atom. The lowest BCUT2D eigenvalue weighted by atomic mass is 10.1. The molecule has 2 atom stereocenters. The summed E-state index contributed by atoms with van der Waals surface area (Å²) >= 11 is 3.41. The SMILES string of the molecule is Cc1ccc(Br)c(C(=O)NC(C)C2CCCO2)c1. The second-order valence-corrected chi connectivity index (χ2v) is 5.65. The Kier molecular flexibility index (Phi) is 4.40. The van der Waals surface area contributed by atoms with Gasteiger partial charge in [-0.2, -0.15) is 0 Å². The van der Waals surface area contributed by atoms with Crippen molar-refractivity contribution in [3.63, 3.8) is 0 Å². The predicted molar refractivity (Wildman–Crippen MR) is 74.8 cm³/mol. The van der Waals surface area contributed by atoms with Crippen LogP contribution in [0.15, 0.2) is 22.7 Å². The van der Waals surface area contributed by atoms with Gasteiger partial charge in [0, 0.05) is 11.1 Å². The van der Waals surface area contributed by atoms with Crippen molar-refractivity contribution in [2.24, 2.45) is 0 Å². The monoisotopic (exact) mass is 311 g/mol. The molecule has 1 aliphatic heterocycles. The highest BCUT2D eigenvalue weighted by Crippen LogP contribution is 2.20. The van der Waals surface area contributed by atoms with Crippen molar-refractivity contribution in [1.29, 1.82) is 0 Å². The number of aryl methyl sites for hydroxylation is 1. The van der Waals surface area contributed by atoms with Gasteiger partial charge in [0.05, 0.1) is 17.7 Å². The van der Waals surface area contributed by atoms with Crippen LogP contribution in [0.4, 0.5) is 0 Å². The van der Waals surface area contributed by atoms with Gasteiger partial charge >= 0.3 is 0 Å². The average Bonchev–Trinajstić information content (AvgIpc) is 2.85. The van der Waals surface area contributed by atoms with Crippen molar-refractivity contribution in [2.75, 3.05) is 6.61 Å². The van der Waals surface area contributed by atoms with Crippen molar-refractivity contribution >= 4 is 21.8 Å². The number of carbonyl (C=O) groups is 1. The van der Waals surface area contributed by atoms with Gasteiger partial charge in [-0.1, -0.05) is 11.6 Å². The molecule has 0 spiro atoms. The maximum Gasteiger partial charge on any atom is 0.252 e. The van der Waals surface area contributed by atoms with Crippen molar-refractivity contribution < 1.29 is 9.53 Å². The molecule has 4 heteroatoms. The molecule has 2 rings (SSSR count). The Bertz CT molecular complexity index is 441. The average molecular weight is 312 g/mol. The van der Waals surface area contributed by atoms with Gasteiger partial charge in [0.1, 0.15) is 0 Å². The molecule has 1 aromatic rings. The van der Waals surface area contributed by atoms with E-state index in [0.717, 1.165) is 29.5 Å². The molecule has 1 amide bonds. The fourth-order valence-corrected chi connectivity index (χ4v) is 2.61. The summed E-state index contributed by atoms with van der Waals surface area (Å²) in [6.07, 6.45) is 2.26. The molecule has 0 saturated carbocycles. The molecular weight excluding hydrogens is 294 g/mol. The summed E-state index contributed by atoms with van der Waals surface area (Å²) < 4.78 is 6.40. The molecular formula is C14H18BrNO2. The Morgan fingerprint density at radius 2 is 2.33 bits per heavy atom. The van der Waals surface area contributed by atoms with Gasteiger partial charge < -0.3 is 10.1 Å². The summed E-state index contributed by atoms with van der Waals surface area (Å²) in [5.74, 6) is -0.0476. The number of halogens is 1. The van der Waals surface area contributed by atoms with E-state index in [2.05, 4.69) is 21.2 Å². The Labute approximate surface area is 116 Å². The molecule has 1 fully saturated rings. The van der Waals surface area contributed by atoms with Crippen LogP contribution < -0.4 is 5.32 Å². The molecule has 18 heavy (non-hydrogen) atoms. The molecule has 1 aliphatic rings. The van der Waals surface area contributed by atoms with E-state index in [9.17, 15) is 4.79 Å². The van der Waals surface area contributed by atoms with Crippen molar-refractivity contribution in [3.05, 3.63) is 33.8 Å². The zero-order valence-corrected chi connectivity index (χ0v) is 12.3. The van der Waals surface area contributed by atoms with E-state index in [1.54, 1.807) is 0 Å². The topological polar surface area (TPSA) is 38.3 Å². The minimum atomic E-state index is -0.0476. The summed E-state index contributed by atoms with van der Waals surface area (Å²) in [5.41, 5.74) is 1.76. The second kappa shape index (κ2) is 5.85. The van der Waals surface area contributed by atoms with Gasteiger partial charge in [-0.15, -0.1) is 0 Å².